The molecule has 4 aliphatic carbocycles. The van der Waals surface area contributed by atoms with Crippen LogP contribution in [0.25, 0.3) is 0 Å². The molecule has 21 nitrogen and oxygen atoms in total. The van der Waals surface area contributed by atoms with Crippen molar-refractivity contribution < 1.29 is 104 Å². The third-order valence-corrected chi connectivity index (χ3v) is 18.8. The fourth-order valence-electron chi connectivity index (χ4n) is 14.5. The van der Waals surface area contributed by atoms with Crippen LogP contribution in [0.1, 0.15) is 99.3 Å². The van der Waals surface area contributed by atoms with Crippen LogP contribution in [0.15, 0.2) is 23.0 Å². The summed E-state index contributed by atoms with van der Waals surface area (Å²) in [6.07, 6.45) is -18.8. The monoisotopic (exact) mass is 1030 g/mol. The van der Waals surface area contributed by atoms with Crippen LogP contribution in [0.5, 0.6) is 0 Å². The van der Waals surface area contributed by atoms with Gasteiger partial charge >= 0.3 is 0 Å². The summed E-state index contributed by atoms with van der Waals surface area (Å²) >= 11 is 0. The molecule has 3 saturated carbocycles. The van der Waals surface area contributed by atoms with Gasteiger partial charge in [0.05, 0.1) is 43.9 Å². The van der Waals surface area contributed by atoms with Gasteiger partial charge in [0.2, 0.25) is 0 Å². The maximum Gasteiger partial charge on any atom is 0.187 e. The molecule has 12 N–H and O–H groups in total. The summed E-state index contributed by atoms with van der Waals surface area (Å²) in [7, 11) is 0. The van der Waals surface area contributed by atoms with E-state index in [0.717, 1.165) is 50.7 Å². The summed E-state index contributed by atoms with van der Waals surface area (Å²) < 4.78 is 54.8. The topological polar surface area (TPSA) is 326 Å². The van der Waals surface area contributed by atoms with Gasteiger partial charge in [-0.2, -0.15) is 0 Å². The molecule has 0 bridgehead atoms. The largest absolute Gasteiger partial charge is 0.494 e. The molecule has 412 valence electrons. The molecule has 5 aliphatic heterocycles. The van der Waals surface area contributed by atoms with Crippen LogP contribution in [-0.4, -0.2) is 216 Å². The summed E-state index contributed by atoms with van der Waals surface area (Å²) in [4.78, 5) is 0. The van der Waals surface area contributed by atoms with Crippen molar-refractivity contribution in [2.45, 2.75) is 234 Å². The summed E-state index contributed by atoms with van der Waals surface area (Å²) in [5, 5.41) is 126. The van der Waals surface area contributed by atoms with Crippen molar-refractivity contribution >= 4 is 0 Å². The summed E-state index contributed by atoms with van der Waals surface area (Å²) in [5.41, 5.74) is 2.59. The minimum atomic E-state index is -1.74. The molecule has 72 heavy (non-hydrogen) atoms. The average molecular weight is 1030 g/mol. The first-order valence-electron chi connectivity index (χ1n) is 26.4. The van der Waals surface area contributed by atoms with E-state index in [1.54, 1.807) is 0 Å². The molecule has 9 rings (SSSR count). The number of rotatable bonds is 14. The maximum absolute atomic E-state index is 12.0. The number of aliphatic hydroxyl groups is 12. The normalized spacial score (nSPS) is 52.9. The van der Waals surface area contributed by atoms with Crippen LogP contribution in [0.2, 0.25) is 0 Å². The SMILES string of the molecule is CC1=C(CC[C@@H](C)CO[C@H]2O[C@@H](CO)[C@H](O)[C@@H](O)[C@@H]2O)O[C@@H]2C[C@H]3[C@@H]4CC=C5C[C@H](O[C@H]6O[C@@H](CO)[C@H](O[C@H]7O[C@@H](C)[C@H](O)[C@@H](O)[C@@H]7O)[C@@H](O)[C@@H]6O[C@H]6O[C@@H](C)[C@H](O)[C@@H](O)[C@@H]6O)CC[C@@]5(C)[C@@H]4CC[C@@]3(C)[C@H]12. The summed E-state index contributed by atoms with van der Waals surface area (Å²) in [6, 6.07) is 0. The van der Waals surface area contributed by atoms with Gasteiger partial charge in [0.25, 0.3) is 0 Å². The molecule has 0 amide bonds. The van der Waals surface area contributed by atoms with E-state index in [4.69, 9.17) is 42.6 Å². The summed E-state index contributed by atoms with van der Waals surface area (Å²) in [6.45, 7) is 11.1. The standard InChI is InChI=1S/C51H82O21/c1-20(19-64-46-40(60)39(59)36(56)31(17-52)69-46)7-10-29-21(2)33-30(68-29)16-28-26-9-8-24-15-25(11-13-50(24,5)27(26)12-14-51(28,33)6)67-49-45(72-48-42(62)38(58)35(55)23(4)66-48)43(63)44(32(18-53)70-49)71-47-41(61)37(57)34(54)22(3)65-47/h8,20,22-23,25-28,30-49,52-63H,7,9-19H2,1-6H3/t20-,22+,23+,25-,26-,27-,28+,30-,31+,32+,33-,34+,35+,36+,37-,38-,39-,40+,41+,42+,43-,44+,45+,46+,47-,48-,49+,50-,51-/m1/s1. The van der Waals surface area contributed by atoms with E-state index in [1.807, 2.05) is 6.92 Å². The van der Waals surface area contributed by atoms with E-state index < -0.39 is 142 Å². The molecular weight excluding hydrogens is 949 g/mol. The molecule has 21 heteroatoms. The quantitative estimate of drug-likeness (QED) is 0.0926. The van der Waals surface area contributed by atoms with Gasteiger partial charge in [-0.25, -0.2) is 0 Å². The Morgan fingerprint density at radius 3 is 1.89 bits per heavy atom. The van der Waals surface area contributed by atoms with Crippen LogP contribution in [0.3, 0.4) is 0 Å². The van der Waals surface area contributed by atoms with E-state index in [9.17, 15) is 61.3 Å². The van der Waals surface area contributed by atoms with Gasteiger partial charge in [-0.05, 0) is 112 Å². The number of hydrogen-bond acceptors (Lipinski definition) is 21. The Morgan fingerprint density at radius 2 is 1.25 bits per heavy atom. The molecule has 0 aromatic heterocycles. The zero-order chi connectivity index (χ0) is 51.9. The molecule has 0 spiro atoms. The van der Waals surface area contributed by atoms with Gasteiger partial charge in [0.15, 0.2) is 25.2 Å². The first-order valence-corrected chi connectivity index (χ1v) is 26.4. The van der Waals surface area contributed by atoms with Crippen molar-refractivity contribution in [3.63, 3.8) is 0 Å². The lowest BCUT2D eigenvalue weighted by molar-refractivity contribution is -0.388. The fraction of sp³-hybridized carbons (Fsp3) is 0.922. The average Bonchev–Trinajstić information content (AvgIpc) is 3.85. The zero-order valence-electron chi connectivity index (χ0n) is 42.2. The molecule has 7 fully saturated rings. The Balaban J connectivity index is 0.849. The van der Waals surface area contributed by atoms with Crippen molar-refractivity contribution in [2.75, 3.05) is 19.8 Å². The van der Waals surface area contributed by atoms with Crippen molar-refractivity contribution in [3.05, 3.63) is 23.0 Å². The van der Waals surface area contributed by atoms with Crippen molar-refractivity contribution in [2.24, 2.45) is 40.4 Å². The molecule has 4 saturated heterocycles. The smallest absolute Gasteiger partial charge is 0.187 e. The molecule has 5 heterocycles. The van der Waals surface area contributed by atoms with E-state index in [-0.39, 0.29) is 29.5 Å². The van der Waals surface area contributed by atoms with E-state index >= 15 is 0 Å². The van der Waals surface area contributed by atoms with Crippen molar-refractivity contribution in [3.8, 4) is 0 Å². The first kappa shape index (κ1) is 55.2. The zero-order valence-corrected chi connectivity index (χ0v) is 42.2. The molecule has 9 aliphatic rings. The second-order valence-corrected chi connectivity index (χ2v) is 23.2. The van der Waals surface area contributed by atoms with Crippen LogP contribution in [-0.2, 0) is 42.6 Å². The van der Waals surface area contributed by atoms with Gasteiger partial charge in [-0.15, -0.1) is 0 Å². The summed E-state index contributed by atoms with van der Waals surface area (Å²) in [5.74, 6) is 2.80. The lowest BCUT2D eigenvalue weighted by atomic mass is 9.47. The maximum atomic E-state index is 12.0. The van der Waals surface area contributed by atoms with Crippen molar-refractivity contribution in [1.29, 1.82) is 0 Å². The Hall–Kier alpha value is -1.52. The van der Waals surface area contributed by atoms with Crippen LogP contribution < -0.4 is 0 Å². The Morgan fingerprint density at radius 1 is 0.653 bits per heavy atom. The molecule has 0 radical (unpaired) electrons. The second-order valence-electron chi connectivity index (χ2n) is 23.2. The number of ether oxygens (including phenoxy) is 9. The number of fused-ring (bicyclic) bond motifs is 7. The predicted octanol–water partition coefficient (Wildman–Crippen LogP) is -1.03. The van der Waals surface area contributed by atoms with Gasteiger partial charge in [0.1, 0.15) is 91.6 Å². The molecule has 0 aromatic rings. The van der Waals surface area contributed by atoms with Crippen LogP contribution in [0, 0.1) is 40.4 Å². The number of allylic oxidation sites excluding steroid dienone is 2. The van der Waals surface area contributed by atoms with E-state index in [2.05, 4.69) is 26.8 Å². The third kappa shape index (κ3) is 9.90. The molecule has 29 atom stereocenters. The lowest BCUT2D eigenvalue weighted by Gasteiger charge is -2.58. The fourth-order valence-corrected chi connectivity index (χ4v) is 14.5. The van der Waals surface area contributed by atoms with E-state index in [1.165, 1.54) is 25.0 Å². The van der Waals surface area contributed by atoms with Gasteiger partial charge in [-0.3, -0.25) is 0 Å². The minimum Gasteiger partial charge on any atom is -0.494 e. The van der Waals surface area contributed by atoms with Crippen molar-refractivity contribution in [1.82, 2.24) is 0 Å². The number of aliphatic hydroxyl groups excluding tert-OH is 12. The minimum absolute atomic E-state index is 0.0680. The predicted molar refractivity (Wildman–Crippen MR) is 247 cm³/mol. The molecule has 0 unspecified atom stereocenters. The van der Waals surface area contributed by atoms with Gasteiger partial charge in [-0.1, -0.05) is 32.4 Å². The first-order chi connectivity index (χ1) is 34.1. The highest BCUT2D eigenvalue weighted by molar-refractivity contribution is 5.30. The molecule has 0 aromatic carbocycles. The lowest BCUT2D eigenvalue weighted by Crippen LogP contribution is -2.66. The van der Waals surface area contributed by atoms with Gasteiger partial charge in [0, 0.05) is 12.3 Å². The highest BCUT2D eigenvalue weighted by Crippen LogP contribution is 2.69. The Labute approximate surface area is 420 Å². The Kier molecular flexibility index (Phi) is 16.7. The van der Waals surface area contributed by atoms with Gasteiger partial charge < -0.3 is 104 Å². The number of hydrogen-bond donors (Lipinski definition) is 12. The highest BCUT2D eigenvalue weighted by Gasteiger charge is 2.64. The van der Waals surface area contributed by atoms with Crippen LogP contribution >= 0.6 is 0 Å². The second kappa shape index (κ2) is 21.7. The third-order valence-electron chi connectivity index (χ3n) is 18.8. The van der Waals surface area contributed by atoms with Crippen LogP contribution in [0.4, 0.5) is 0 Å². The Bertz CT molecular complexity index is 1920. The molecular formula is C51H82O21. The highest BCUT2D eigenvalue weighted by atomic mass is 16.8. The van der Waals surface area contributed by atoms with E-state index in [0.29, 0.717) is 36.5 Å².